The SMILES string of the molecule is Cc1noc(C)c1COc1ccc(C(=O)OCC(=O)N[C@H](C)C(C)C)cc1. The molecule has 0 saturated carbocycles. The Kier molecular flexibility index (Phi) is 6.98. The van der Waals surface area contributed by atoms with Crippen LogP contribution in [-0.2, 0) is 16.1 Å². The summed E-state index contributed by atoms with van der Waals surface area (Å²) in [5.74, 6) is 0.763. The number of benzene rings is 1. The molecule has 0 spiro atoms. The molecule has 1 amide bonds. The number of carbonyl (C=O) groups excluding carboxylic acids is 2. The molecule has 0 fully saturated rings. The van der Waals surface area contributed by atoms with Crippen molar-refractivity contribution >= 4 is 11.9 Å². The minimum atomic E-state index is -0.556. The van der Waals surface area contributed by atoms with Crippen LogP contribution in [0.15, 0.2) is 28.8 Å². The maximum Gasteiger partial charge on any atom is 0.338 e. The van der Waals surface area contributed by atoms with Crippen LogP contribution in [0, 0.1) is 19.8 Å². The summed E-state index contributed by atoms with van der Waals surface area (Å²) in [4.78, 5) is 23.8. The molecule has 1 heterocycles. The van der Waals surface area contributed by atoms with E-state index >= 15 is 0 Å². The van der Waals surface area contributed by atoms with Crippen molar-refractivity contribution in [3.63, 3.8) is 0 Å². The number of esters is 1. The van der Waals surface area contributed by atoms with Crippen LogP contribution in [0.1, 0.15) is 48.1 Å². The highest BCUT2D eigenvalue weighted by Gasteiger charge is 2.14. The predicted molar refractivity (Wildman–Crippen MR) is 99.5 cm³/mol. The number of carbonyl (C=O) groups is 2. The quantitative estimate of drug-likeness (QED) is 0.714. The normalized spacial score (nSPS) is 11.9. The molecule has 0 aliphatic heterocycles. The van der Waals surface area contributed by atoms with Gasteiger partial charge in [0, 0.05) is 6.04 Å². The van der Waals surface area contributed by atoms with Crippen molar-refractivity contribution in [1.82, 2.24) is 10.5 Å². The lowest BCUT2D eigenvalue weighted by molar-refractivity contribution is -0.125. The van der Waals surface area contributed by atoms with Crippen molar-refractivity contribution in [3.05, 3.63) is 46.8 Å². The number of rotatable bonds is 8. The van der Waals surface area contributed by atoms with Crippen molar-refractivity contribution in [2.45, 2.75) is 47.3 Å². The molecule has 1 aromatic carbocycles. The maximum absolute atomic E-state index is 12.1. The summed E-state index contributed by atoms with van der Waals surface area (Å²) in [6, 6.07) is 6.57. The van der Waals surface area contributed by atoms with Crippen LogP contribution in [0.5, 0.6) is 5.75 Å². The summed E-state index contributed by atoms with van der Waals surface area (Å²) in [7, 11) is 0. The second-order valence-corrected chi connectivity index (χ2v) is 6.79. The van der Waals surface area contributed by atoms with Crippen LogP contribution in [0.25, 0.3) is 0 Å². The topological polar surface area (TPSA) is 90.7 Å². The summed E-state index contributed by atoms with van der Waals surface area (Å²) in [6.45, 7) is 9.63. The molecule has 0 aliphatic rings. The molecule has 0 unspecified atom stereocenters. The van der Waals surface area contributed by atoms with E-state index in [-0.39, 0.29) is 18.6 Å². The largest absolute Gasteiger partial charge is 0.489 e. The lowest BCUT2D eigenvalue weighted by Gasteiger charge is -2.17. The van der Waals surface area contributed by atoms with E-state index in [1.807, 2.05) is 34.6 Å². The molecule has 7 nitrogen and oxygen atoms in total. The molecule has 2 aromatic rings. The third kappa shape index (κ3) is 5.84. The minimum absolute atomic E-state index is 0.0188. The van der Waals surface area contributed by atoms with Crippen LogP contribution >= 0.6 is 0 Å². The van der Waals surface area contributed by atoms with E-state index in [0.717, 1.165) is 17.0 Å². The fourth-order valence-electron chi connectivity index (χ4n) is 2.23. The van der Waals surface area contributed by atoms with E-state index < -0.39 is 5.97 Å². The maximum atomic E-state index is 12.1. The number of aromatic nitrogens is 1. The van der Waals surface area contributed by atoms with E-state index in [0.29, 0.717) is 23.8 Å². The van der Waals surface area contributed by atoms with Gasteiger partial charge in [-0.15, -0.1) is 0 Å². The molecule has 0 bridgehead atoms. The second-order valence-electron chi connectivity index (χ2n) is 6.79. The molecule has 1 aromatic heterocycles. The molecule has 7 heteroatoms. The molecule has 0 radical (unpaired) electrons. The Morgan fingerprint density at radius 1 is 1.15 bits per heavy atom. The average Bonchev–Trinajstić information content (AvgIpc) is 2.96. The minimum Gasteiger partial charge on any atom is -0.489 e. The Balaban J connectivity index is 1.83. The average molecular weight is 374 g/mol. The molecule has 1 atom stereocenters. The van der Waals surface area contributed by atoms with E-state index in [1.165, 1.54) is 0 Å². The first-order chi connectivity index (χ1) is 12.8. The first-order valence-electron chi connectivity index (χ1n) is 8.89. The summed E-state index contributed by atoms with van der Waals surface area (Å²) in [5.41, 5.74) is 2.04. The van der Waals surface area contributed by atoms with Crippen molar-refractivity contribution in [3.8, 4) is 5.75 Å². The standard InChI is InChI=1S/C20H26N2O5/c1-12(2)13(3)21-19(23)11-26-20(24)16-6-8-17(9-7-16)25-10-18-14(4)22-27-15(18)5/h6-9,12-13H,10-11H2,1-5H3,(H,21,23)/t13-/m1/s1. The molecular weight excluding hydrogens is 348 g/mol. The molecule has 0 saturated heterocycles. The van der Waals surface area contributed by atoms with Gasteiger partial charge in [0.05, 0.1) is 16.8 Å². The first-order valence-corrected chi connectivity index (χ1v) is 8.89. The number of aryl methyl sites for hydroxylation is 2. The highest BCUT2D eigenvalue weighted by atomic mass is 16.5. The Morgan fingerprint density at radius 3 is 2.37 bits per heavy atom. The van der Waals surface area contributed by atoms with Gasteiger partial charge in [-0.3, -0.25) is 4.79 Å². The molecule has 1 N–H and O–H groups in total. The first kappa shape index (κ1) is 20.5. The van der Waals surface area contributed by atoms with Gasteiger partial charge in [0.2, 0.25) is 0 Å². The number of hydrogen-bond acceptors (Lipinski definition) is 6. The van der Waals surface area contributed by atoms with Gasteiger partial charge in [-0.1, -0.05) is 19.0 Å². The third-order valence-corrected chi connectivity index (χ3v) is 4.38. The monoisotopic (exact) mass is 374 g/mol. The summed E-state index contributed by atoms with van der Waals surface area (Å²) >= 11 is 0. The number of nitrogens with zero attached hydrogens (tertiary/aromatic N) is 1. The van der Waals surface area contributed by atoms with E-state index in [4.69, 9.17) is 14.0 Å². The fourth-order valence-corrected chi connectivity index (χ4v) is 2.23. The van der Waals surface area contributed by atoms with Crippen molar-refractivity contribution < 1.29 is 23.6 Å². The zero-order chi connectivity index (χ0) is 20.0. The van der Waals surface area contributed by atoms with Crippen LogP contribution in [-0.4, -0.2) is 29.7 Å². The van der Waals surface area contributed by atoms with Crippen molar-refractivity contribution in [2.75, 3.05) is 6.61 Å². The Labute approximate surface area is 159 Å². The molecule has 2 rings (SSSR count). The molecule has 0 aliphatic carbocycles. The van der Waals surface area contributed by atoms with E-state index in [9.17, 15) is 9.59 Å². The summed E-state index contributed by atoms with van der Waals surface area (Å²) < 4.78 is 15.8. The van der Waals surface area contributed by atoms with Gasteiger partial charge in [0.25, 0.3) is 5.91 Å². The van der Waals surface area contributed by atoms with Gasteiger partial charge in [0.15, 0.2) is 6.61 Å². The smallest absolute Gasteiger partial charge is 0.338 e. The highest BCUT2D eigenvalue weighted by molar-refractivity contribution is 5.91. The number of amides is 1. The second kappa shape index (κ2) is 9.21. The van der Waals surface area contributed by atoms with Crippen LogP contribution < -0.4 is 10.1 Å². The molecular formula is C20H26N2O5. The predicted octanol–water partition coefficient (Wildman–Crippen LogP) is 3.19. The van der Waals surface area contributed by atoms with Gasteiger partial charge < -0.3 is 19.3 Å². The lowest BCUT2D eigenvalue weighted by atomic mass is 10.1. The Morgan fingerprint density at radius 2 is 1.81 bits per heavy atom. The zero-order valence-corrected chi connectivity index (χ0v) is 16.4. The molecule has 27 heavy (non-hydrogen) atoms. The number of hydrogen-bond donors (Lipinski definition) is 1. The van der Waals surface area contributed by atoms with Gasteiger partial charge >= 0.3 is 5.97 Å². The lowest BCUT2D eigenvalue weighted by Crippen LogP contribution is -2.38. The molecule has 146 valence electrons. The summed E-state index contributed by atoms with van der Waals surface area (Å²) in [5, 5.41) is 6.66. The van der Waals surface area contributed by atoms with Gasteiger partial charge in [-0.05, 0) is 51.0 Å². The van der Waals surface area contributed by atoms with Crippen molar-refractivity contribution in [1.29, 1.82) is 0 Å². The third-order valence-electron chi connectivity index (χ3n) is 4.38. The van der Waals surface area contributed by atoms with Gasteiger partial charge in [0.1, 0.15) is 18.1 Å². The van der Waals surface area contributed by atoms with Gasteiger partial charge in [-0.2, -0.15) is 0 Å². The van der Waals surface area contributed by atoms with Gasteiger partial charge in [-0.25, -0.2) is 4.79 Å². The van der Waals surface area contributed by atoms with Crippen LogP contribution in [0.2, 0.25) is 0 Å². The van der Waals surface area contributed by atoms with Crippen LogP contribution in [0.4, 0.5) is 0 Å². The van der Waals surface area contributed by atoms with E-state index in [2.05, 4.69) is 10.5 Å². The zero-order valence-electron chi connectivity index (χ0n) is 16.4. The number of nitrogens with one attached hydrogen (secondary N) is 1. The van der Waals surface area contributed by atoms with E-state index in [1.54, 1.807) is 24.3 Å². The summed E-state index contributed by atoms with van der Waals surface area (Å²) in [6.07, 6.45) is 0. The fraction of sp³-hybridized carbons (Fsp3) is 0.450. The Hall–Kier alpha value is -2.83. The van der Waals surface area contributed by atoms with Crippen molar-refractivity contribution in [2.24, 2.45) is 5.92 Å². The number of ether oxygens (including phenoxy) is 2. The van der Waals surface area contributed by atoms with Crippen LogP contribution in [0.3, 0.4) is 0 Å². The highest BCUT2D eigenvalue weighted by Crippen LogP contribution is 2.18. The Bertz CT molecular complexity index is 761.